The molecule has 1 aliphatic rings. The third-order valence-electron chi connectivity index (χ3n) is 2.07. The fourth-order valence-electron chi connectivity index (χ4n) is 1.20. The minimum Gasteiger partial charge on any atom is -0.299 e. The molecule has 0 atom stereocenters. The van der Waals surface area contributed by atoms with Gasteiger partial charge in [0.05, 0.1) is 5.69 Å². The standard InChI is InChI=1S/C9H9ClN2O/c10-9-11-4-3-7(12-9)5-8(13)6-1-2-6/h3-4,6H,1-2,5H2. The van der Waals surface area contributed by atoms with Gasteiger partial charge in [-0.3, -0.25) is 4.79 Å². The van der Waals surface area contributed by atoms with Crippen LogP contribution in [0, 0.1) is 5.92 Å². The zero-order chi connectivity index (χ0) is 9.26. The molecule has 13 heavy (non-hydrogen) atoms. The maximum Gasteiger partial charge on any atom is 0.222 e. The van der Waals surface area contributed by atoms with Crippen molar-refractivity contribution in [2.24, 2.45) is 5.92 Å². The molecule has 2 rings (SSSR count). The Hall–Kier alpha value is -0.960. The number of hydrogen-bond donors (Lipinski definition) is 0. The van der Waals surface area contributed by atoms with Crippen LogP contribution in [0.25, 0.3) is 0 Å². The van der Waals surface area contributed by atoms with E-state index in [2.05, 4.69) is 9.97 Å². The van der Waals surface area contributed by atoms with Gasteiger partial charge in [0.1, 0.15) is 5.78 Å². The van der Waals surface area contributed by atoms with E-state index < -0.39 is 0 Å². The average molecular weight is 197 g/mol. The van der Waals surface area contributed by atoms with Crippen LogP contribution in [-0.4, -0.2) is 15.8 Å². The van der Waals surface area contributed by atoms with Crippen molar-refractivity contribution in [1.29, 1.82) is 0 Å². The van der Waals surface area contributed by atoms with E-state index in [9.17, 15) is 4.79 Å². The summed E-state index contributed by atoms with van der Waals surface area (Å²) in [5.74, 6) is 0.559. The smallest absolute Gasteiger partial charge is 0.222 e. The van der Waals surface area contributed by atoms with Gasteiger partial charge in [0.2, 0.25) is 5.28 Å². The number of hydrogen-bond acceptors (Lipinski definition) is 3. The Kier molecular flexibility index (Phi) is 2.27. The number of aromatic nitrogens is 2. The third-order valence-corrected chi connectivity index (χ3v) is 2.25. The Morgan fingerprint density at radius 1 is 1.62 bits per heavy atom. The predicted molar refractivity (Wildman–Crippen MR) is 48.5 cm³/mol. The van der Waals surface area contributed by atoms with E-state index in [0.29, 0.717) is 6.42 Å². The zero-order valence-electron chi connectivity index (χ0n) is 7.03. The molecule has 1 aromatic rings. The van der Waals surface area contributed by atoms with Gasteiger partial charge in [0.25, 0.3) is 0 Å². The van der Waals surface area contributed by atoms with Crippen LogP contribution in [0.5, 0.6) is 0 Å². The molecule has 0 radical (unpaired) electrons. The van der Waals surface area contributed by atoms with Crippen molar-refractivity contribution in [2.75, 3.05) is 0 Å². The van der Waals surface area contributed by atoms with Crippen molar-refractivity contribution in [3.05, 3.63) is 23.2 Å². The lowest BCUT2D eigenvalue weighted by Crippen LogP contribution is -2.06. The fraction of sp³-hybridized carbons (Fsp3) is 0.444. The lowest BCUT2D eigenvalue weighted by atomic mass is 10.1. The summed E-state index contributed by atoms with van der Waals surface area (Å²) in [6.45, 7) is 0. The number of rotatable bonds is 3. The molecule has 0 amide bonds. The van der Waals surface area contributed by atoms with Crippen LogP contribution in [0.2, 0.25) is 5.28 Å². The molecule has 0 N–H and O–H groups in total. The van der Waals surface area contributed by atoms with Gasteiger partial charge in [0.15, 0.2) is 0 Å². The second kappa shape index (κ2) is 3.42. The molecule has 4 heteroatoms. The average Bonchev–Trinajstić information content (AvgIpc) is 2.85. The van der Waals surface area contributed by atoms with Crippen LogP contribution in [0.1, 0.15) is 18.5 Å². The summed E-state index contributed by atoms with van der Waals surface area (Å²) in [7, 11) is 0. The SMILES string of the molecule is O=C(Cc1ccnc(Cl)n1)C1CC1. The molecule has 0 saturated heterocycles. The highest BCUT2D eigenvalue weighted by Crippen LogP contribution is 2.30. The minimum atomic E-state index is 0.209. The monoisotopic (exact) mass is 196 g/mol. The summed E-state index contributed by atoms with van der Waals surface area (Å²) in [4.78, 5) is 19.1. The molecule has 0 aliphatic heterocycles. The Balaban J connectivity index is 2.04. The Labute approximate surface area is 81.2 Å². The van der Waals surface area contributed by atoms with Gasteiger partial charge < -0.3 is 0 Å². The second-order valence-electron chi connectivity index (χ2n) is 3.23. The molecule has 0 aromatic carbocycles. The third kappa shape index (κ3) is 2.25. The van der Waals surface area contributed by atoms with Crippen LogP contribution in [0.15, 0.2) is 12.3 Å². The molecule has 1 aliphatic carbocycles. The van der Waals surface area contributed by atoms with Crippen molar-refractivity contribution in [3.8, 4) is 0 Å². The number of ketones is 1. The topological polar surface area (TPSA) is 42.9 Å². The highest BCUT2D eigenvalue weighted by Gasteiger charge is 2.29. The Bertz CT molecular complexity index is 336. The Morgan fingerprint density at radius 3 is 3.00 bits per heavy atom. The summed E-state index contributed by atoms with van der Waals surface area (Å²) in [6, 6.07) is 1.73. The normalized spacial score (nSPS) is 15.8. The first-order valence-corrected chi connectivity index (χ1v) is 4.63. The molecule has 1 fully saturated rings. The van der Waals surface area contributed by atoms with Crippen molar-refractivity contribution < 1.29 is 4.79 Å². The van der Waals surface area contributed by atoms with Gasteiger partial charge >= 0.3 is 0 Å². The van der Waals surface area contributed by atoms with Crippen LogP contribution < -0.4 is 0 Å². The lowest BCUT2D eigenvalue weighted by Gasteiger charge is -1.97. The van der Waals surface area contributed by atoms with E-state index in [1.54, 1.807) is 12.3 Å². The maximum atomic E-state index is 11.4. The van der Waals surface area contributed by atoms with Gasteiger partial charge in [-0.25, -0.2) is 9.97 Å². The van der Waals surface area contributed by atoms with E-state index in [-0.39, 0.29) is 17.0 Å². The first-order chi connectivity index (χ1) is 6.25. The number of nitrogens with zero attached hydrogens (tertiary/aromatic N) is 2. The van der Waals surface area contributed by atoms with Crippen molar-refractivity contribution in [1.82, 2.24) is 9.97 Å². The molecule has 1 heterocycles. The number of carbonyl (C=O) groups excluding carboxylic acids is 1. The number of Topliss-reactive ketones (excluding diaryl/α,β-unsaturated/α-hetero) is 1. The summed E-state index contributed by atoms with van der Waals surface area (Å²) < 4.78 is 0. The summed E-state index contributed by atoms with van der Waals surface area (Å²) >= 11 is 5.59. The highest BCUT2D eigenvalue weighted by molar-refractivity contribution is 6.28. The quantitative estimate of drug-likeness (QED) is 0.691. The van der Waals surface area contributed by atoms with Crippen LogP contribution in [0.3, 0.4) is 0 Å². The van der Waals surface area contributed by atoms with Gasteiger partial charge in [-0.05, 0) is 30.5 Å². The molecular weight excluding hydrogens is 188 g/mol. The molecule has 1 saturated carbocycles. The first kappa shape index (κ1) is 8.63. The van der Waals surface area contributed by atoms with E-state index in [0.717, 1.165) is 18.5 Å². The van der Waals surface area contributed by atoms with Crippen LogP contribution >= 0.6 is 11.6 Å². The molecule has 0 bridgehead atoms. The highest BCUT2D eigenvalue weighted by atomic mass is 35.5. The number of carbonyl (C=O) groups is 1. The minimum absolute atomic E-state index is 0.209. The van der Waals surface area contributed by atoms with E-state index in [4.69, 9.17) is 11.6 Å². The molecule has 68 valence electrons. The first-order valence-electron chi connectivity index (χ1n) is 4.26. The van der Waals surface area contributed by atoms with E-state index in [1.807, 2.05) is 0 Å². The second-order valence-corrected chi connectivity index (χ2v) is 3.57. The lowest BCUT2D eigenvalue weighted by molar-refractivity contribution is -0.119. The molecule has 1 aromatic heterocycles. The summed E-state index contributed by atoms with van der Waals surface area (Å²) in [6.07, 6.45) is 4.05. The van der Waals surface area contributed by atoms with E-state index >= 15 is 0 Å². The number of halogens is 1. The van der Waals surface area contributed by atoms with Crippen molar-refractivity contribution in [3.63, 3.8) is 0 Å². The molecule has 0 spiro atoms. The molecular formula is C9H9ClN2O. The maximum absolute atomic E-state index is 11.4. The van der Waals surface area contributed by atoms with E-state index in [1.165, 1.54) is 0 Å². The summed E-state index contributed by atoms with van der Waals surface area (Å²) in [5, 5.41) is 0.209. The predicted octanol–water partition coefficient (Wildman–Crippen LogP) is 1.65. The Morgan fingerprint density at radius 2 is 2.38 bits per heavy atom. The van der Waals surface area contributed by atoms with Crippen LogP contribution in [0.4, 0.5) is 0 Å². The molecule has 0 unspecified atom stereocenters. The van der Waals surface area contributed by atoms with Gasteiger partial charge in [-0.1, -0.05) is 0 Å². The van der Waals surface area contributed by atoms with Crippen molar-refractivity contribution >= 4 is 17.4 Å². The molecule has 3 nitrogen and oxygen atoms in total. The van der Waals surface area contributed by atoms with Gasteiger partial charge in [0, 0.05) is 18.5 Å². The van der Waals surface area contributed by atoms with Gasteiger partial charge in [-0.15, -0.1) is 0 Å². The van der Waals surface area contributed by atoms with Gasteiger partial charge in [-0.2, -0.15) is 0 Å². The zero-order valence-corrected chi connectivity index (χ0v) is 7.79. The largest absolute Gasteiger partial charge is 0.299 e. The fourth-order valence-corrected chi connectivity index (χ4v) is 1.36. The summed E-state index contributed by atoms with van der Waals surface area (Å²) in [5.41, 5.74) is 0.719. The van der Waals surface area contributed by atoms with Crippen LogP contribution in [-0.2, 0) is 11.2 Å². The van der Waals surface area contributed by atoms with Crippen molar-refractivity contribution in [2.45, 2.75) is 19.3 Å².